The van der Waals surface area contributed by atoms with Crippen LogP contribution in [0.4, 0.5) is 105 Å². The van der Waals surface area contributed by atoms with Crippen LogP contribution in [0.15, 0.2) is 140 Å². The summed E-state index contributed by atoms with van der Waals surface area (Å²) < 4.78 is 348. The lowest BCUT2D eigenvalue weighted by atomic mass is 9.12. The lowest BCUT2D eigenvalue weighted by Crippen LogP contribution is -2.75. The maximum absolute atomic E-state index is 14.2. The quantitative estimate of drug-likeness (QED) is 0.0501. The van der Waals surface area contributed by atoms with Gasteiger partial charge in [0.2, 0.25) is 0 Å². The second kappa shape index (κ2) is 22.0. The highest BCUT2D eigenvalue weighted by atomic mass is 19.4. The summed E-state index contributed by atoms with van der Waals surface area (Å²) in [5.41, 5.74) is -26.6. The first-order valence-electron chi connectivity index (χ1n) is 22.4. The number of halogens is 24. The van der Waals surface area contributed by atoms with Crippen LogP contribution in [0.5, 0.6) is 5.75 Å². The number of rotatable bonds is 8. The third kappa shape index (κ3) is 14.4. The summed E-state index contributed by atoms with van der Waals surface area (Å²) in [6.07, 6.45) is -49.8. The van der Waals surface area contributed by atoms with Crippen molar-refractivity contribution in [3.8, 4) is 5.75 Å². The van der Waals surface area contributed by atoms with Gasteiger partial charge in [-0.3, -0.25) is 4.98 Å². The number of nitrogens with zero attached hydrogens (tertiary/aromatic N) is 2. The number of aromatic nitrogens is 2. The molecule has 0 aliphatic carbocycles. The molecule has 0 atom stereocenters. The number of esters is 1. The van der Waals surface area contributed by atoms with E-state index in [9.17, 15) is 110 Å². The monoisotopic (exact) mass is 1180 g/mol. The highest BCUT2D eigenvalue weighted by Gasteiger charge is 2.47. The van der Waals surface area contributed by atoms with Gasteiger partial charge in [-0.2, -0.15) is 132 Å². The van der Waals surface area contributed by atoms with Crippen LogP contribution >= 0.6 is 0 Å². The zero-order valence-electron chi connectivity index (χ0n) is 40.3. The molecule has 0 unspecified atom stereocenters. The van der Waals surface area contributed by atoms with Crippen molar-refractivity contribution < 1.29 is 119 Å². The van der Waals surface area contributed by atoms with E-state index in [-0.39, 0.29) is 0 Å². The molecular formula is C52H31BF24N2O2. The normalized spacial score (nSPS) is 13.2. The van der Waals surface area contributed by atoms with Crippen molar-refractivity contribution in [3.05, 3.63) is 207 Å². The Balaban J connectivity index is 0.000000363. The van der Waals surface area contributed by atoms with Gasteiger partial charge in [0.05, 0.1) is 50.7 Å². The van der Waals surface area contributed by atoms with E-state index in [4.69, 9.17) is 4.74 Å². The van der Waals surface area contributed by atoms with E-state index in [1.54, 1.807) is 18.5 Å². The zero-order valence-corrected chi connectivity index (χ0v) is 40.3. The van der Waals surface area contributed by atoms with E-state index < -0.39 is 201 Å². The summed E-state index contributed by atoms with van der Waals surface area (Å²) >= 11 is 0. The van der Waals surface area contributed by atoms with E-state index in [2.05, 4.69) is 4.98 Å². The Hall–Kier alpha value is -7.75. The number of benzene rings is 6. The molecule has 29 heteroatoms. The number of aryl methyl sites for hydroxylation is 1. The maximum atomic E-state index is 14.2. The molecule has 0 aliphatic rings. The highest BCUT2D eigenvalue weighted by molar-refractivity contribution is 7.20. The molecule has 0 bridgehead atoms. The summed E-state index contributed by atoms with van der Waals surface area (Å²) in [5.74, 6) is 0.169. The summed E-state index contributed by atoms with van der Waals surface area (Å²) in [6.45, 7) is 4.52. The van der Waals surface area contributed by atoms with Crippen LogP contribution in [0.1, 0.15) is 71.7 Å². The number of alkyl halides is 24. The summed E-state index contributed by atoms with van der Waals surface area (Å²) in [7, 11) is 0. The summed E-state index contributed by atoms with van der Waals surface area (Å²) in [5, 5.41) is 0. The highest BCUT2D eigenvalue weighted by Crippen LogP contribution is 2.41. The van der Waals surface area contributed by atoms with E-state index >= 15 is 0 Å². The average molecular weight is 1180 g/mol. The molecule has 1 aromatic heterocycles. The van der Waals surface area contributed by atoms with Gasteiger partial charge in [-0.1, -0.05) is 91.0 Å². The van der Waals surface area contributed by atoms with Gasteiger partial charge in [0.15, 0.2) is 12.7 Å². The van der Waals surface area contributed by atoms with Gasteiger partial charge >= 0.3 is 61.1 Å². The molecule has 0 N–H and O–H groups in total. The molecule has 7 aromatic rings. The number of carbonyl (C=O) groups is 1. The molecule has 1 heterocycles. The molecular weight excluding hydrogens is 1150 g/mol. The summed E-state index contributed by atoms with van der Waals surface area (Å²) in [4.78, 5) is 16.7. The lowest BCUT2D eigenvalue weighted by molar-refractivity contribution is -0.691. The van der Waals surface area contributed by atoms with Crippen molar-refractivity contribution in [2.75, 3.05) is 0 Å². The lowest BCUT2D eigenvalue weighted by Gasteiger charge is -2.46. The second-order valence-corrected chi connectivity index (χ2v) is 17.9. The van der Waals surface area contributed by atoms with Crippen molar-refractivity contribution in [1.29, 1.82) is 0 Å². The van der Waals surface area contributed by atoms with Gasteiger partial charge in [0.1, 0.15) is 18.1 Å². The minimum atomic E-state index is -6.13. The van der Waals surface area contributed by atoms with Crippen LogP contribution < -0.4 is 31.2 Å². The van der Waals surface area contributed by atoms with E-state index in [0.29, 0.717) is 18.0 Å². The minimum Gasteiger partial charge on any atom is -0.418 e. The molecule has 0 aliphatic heterocycles. The fourth-order valence-corrected chi connectivity index (χ4v) is 8.53. The number of hydrogen-bond donors (Lipinski definition) is 0. The molecule has 7 rings (SSSR count). The van der Waals surface area contributed by atoms with Crippen LogP contribution in [0.25, 0.3) is 0 Å². The van der Waals surface area contributed by atoms with Crippen LogP contribution in [0.3, 0.4) is 0 Å². The van der Waals surface area contributed by atoms with Crippen LogP contribution in [0, 0.1) is 13.8 Å². The van der Waals surface area contributed by atoms with Gasteiger partial charge in [0.25, 0.3) is 0 Å². The Morgan fingerprint density at radius 3 is 1.04 bits per heavy atom. The molecule has 6 aromatic carbocycles. The first kappa shape index (κ1) is 62.5. The van der Waals surface area contributed by atoms with Crippen molar-refractivity contribution >= 4 is 34.0 Å². The number of ether oxygens (including phenoxy) is 1. The van der Waals surface area contributed by atoms with Crippen molar-refractivity contribution in [2.24, 2.45) is 0 Å². The smallest absolute Gasteiger partial charge is 0.416 e. The molecule has 0 spiro atoms. The van der Waals surface area contributed by atoms with Gasteiger partial charge in [-0.15, -0.1) is 0 Å². The molecule has 0 saturated heterocycles. The average Bonchev–Trinajstić information content (AvgIpc) is 3.35. The van der Waals surface area contributed by atoms with Crippen molar-refractivity contribution in [2.45, 2.75) is 69.8 Å². The van der Waals surface area contributed by atoms with E-state index in [1.165, 1.54) is 6.20 Å². The predicted molar refractivity (Wildman–Crippen MR) is 241 cm³/mol. The molecule has 81 heavy (non-hydrogen) atoms. The fraction of sp³-hybridized carbons (Fsp3) is 0.212. The Kier molecular flexibility index (Phi) is 16.9. The third-order valence-corrected chi connectivity index (χ3v) is 12.4. The van der Waals surface area contributed by atoms with Crippen molar-refractivity contribution in [3.63, 3.8) is 0 Å². The Morgan fingerprint density at radius 2 is 0.741 bits per heavy atom. The number of hydrogen-bond acceptors (Lipinski definition) is 3. The van der Waals surface area contributed by atoms with Crippen molar-refractivity contribution in [1.82, 2.24) is 4.98 Å². The Labute approximate surface area is 440 Å². The molecule has 0 saturated carbocycles. The summed E-state index contributed by atoms with van der Waals surface area (Å²) in [6, 6.07) is 6.83. The Morgan fingerprint density at radius 1 is 0.432 bits per heavy atom. The standard InChI is InChI=1S/C32H12BF24.C20H19N2O2/c34-25(35,36)13-1-14(26(37,38)39)6-21(5-13)33(22-7-15(27(40,41)42)2-16(8-22)28(43,44)45,23-9-17(29(46,47)48)3-18(10-23)30(49,50)51)24-11-19(31(52,53)54)4-20(12-24)32(55,56)57;1-15-7-6-10-19(16(15)2)24-20(23)18-13-21-11-12-22(18)14-17-8-4-3-5-9-17/h1-12H;3-13H,14H2,1-2H3/q-1;+1. The molecule has 0 amide bonds. The molecule has 432 valence electrons. The van der Waals surface area contributed by atoms with Crippen LogP contribution in [-0.2, 0) is 56.0 Å². The van der Waals surface area contributed by atoms with E-state index in [0.717, 1.165) is 16.7 Å². The van der Waals surface area contributed by atoms with Crippen LogP contribution in [0.2, 0.25) is 0 Å². The molecule has 0 radical (unpaired) electrons. The Bertz CT molecular complexity index is 2990. The molecule has 4 nitrogen and oxygen atoms in total. The van der Waals surface area contributed by atoms with Gasteiger partial charge in [-0.25, -0.2) is 4.79 Å². The zero-order chi connectivity index (χ0) is 60.9. The van der Waals surface area contributed by atoms with E-state index in [1.807, 2.05) is 60.9 Å². The first-order chi connectivity index (χ1) is 36.9. The fourth-order valence-electron chi connectivity index (χ4n) is 8.53. The SMILES string of the molecule is Cc1cccc(OC(=O)c2cncc[n+]2Cc2ccccc2)c1C.FC(F)(F)c1cc([B-](c2cc(C(F)(F)F)cc(C(F)(F)F)c2)(c2cc(C(F)(F)F)cc(C(F)(F)F)c2)c2cc(C(F)(F)F)cc(C(F)(F)F)c2)cc(C(F)(F)F)c1. The van der Waals surface area contributed by atoms with Gasteiger partial charge in [-0.05, 0) is 55.3 Å². The molecule has 0 fully saturated rings. The largest absolute Gasteiger partial charge is 0.418 e. The predicted octanol–water partition coefficient (Wildman–Crippen LogP) is 14.5. The first-order valence-corrected chi connectivity index (χ1v) is 22.4. The second-order valence-electron chi connectivity index (χ2n) is 17.9. The third-order valence-electron chi connectivity index (χ3n) is 12.4. The van der Waals surface area contributed by atoms with Gasteiger partial charge < -0.3 is 4.74 Å². The minimum absolute atomic E-state index is 0.410. The van der Waals surface area contributed by atoms with Gasteiger partial charge in [0, 0.05) is 5.56 Å². The van der Waals surface area contributed by atoms with Crippen LogP contribution in [-0.4, -0.2) is 17.1 Å². The maximum Gasteiger partial charge on any atom is 0.416 e. The number of carbonyl (C=O) groups excluding carboxylic acids is 1. The topological polar surface area (TPSA) is 43.1 Å².